The fourth-order valence-corrected chi connectivity index (χ4v) is 1.77. The molecule has 4 heteroatoms. The van der Waals surface area contributed by atoms with Crippen molar-refractivity contribution < 1.29 is 29.1 Å². The molecule has 0 radical (unpaired) electrons. The predicted molar refractivity (Wildman–Crippen MR) is 92.1 cm³/mol. The minimum absolute atomic E-state index is 0.349. The van der Waals surface area contributed by atoms with Crippen molar-refractivity contribution >= 4 is 5.97 Å². The summed E-state index contributed by atoms with van der Waals surface area (Å²) in [6.45, 7) is 4.05. The van der Waals surface area contributed by atoms with Crippen LogP contribution in [0.25, 0.3) is 0 Å². The van der Waals surface area contributed by atoms with Crippen molar-refractivity contribution in [3.8, 4) is 5.75 Å². The predicted octanol–water partition coefficient (Wildman–Crippen LogP) is 4.69. The Morgan fingerprint density at radius 3 is 1.64 bits per heavy atom. The standard InChI is InChI=1S/C14H11O2.C7H7.Co.O/c1-11-7-9-13(10-8-11)16-14(15)12-5-3-2-4-6-12;1-7-5-3-2-4-6-7;;/h3-10H,1H3;3-6H,1H3;;/q2*-1;;. The van der Waals surface area contributed by atoms with Gasteiger partial charge in [0.1, 0.15) is 5.75 Å². The Morgan fingerprint density at radius 2 is 1.20 bits per heavy atom. The van der Waals surface area contributed by atoms with Crippen LogP contribution in [0.1, 0.15) is 21.5 Å². The summed E-state index contributed by atoms with van der Waals surface area (Å²) in [5.74, 6) is 0.210. The zero-order valence-corrected chi connectivity index (χ0v) is 15.0. The monoisotopic (exact) mass is 377 g/mol. The fraction of sp³-hybridized carbons (Fsp3) is 0.0952. The molecule has 0 unspecified atom stereocenters. The normalized spacial score (nSPS) is 8.92. The topological polar surface area (TPSA) is 43.4 Å². The van der Waals surface area contributed by atoms with Gasteiger partial charge in [-0.3, -0.25) is 0 Å². The van der Waals surface area contributed by atoms with Crippen LogP contribution in [0.15, 0.2) is 72.8 Å². The van der Waals surface area contributed by atoms with Gasteiger partial charge < -0.3 is 4.74 Å². The summed E-state index contributed by atoms with van der Waals surface area (Å²) in [6, 6.07) is 27.8. The van der Waals surface area contributed by atoms with Gasteiger partial charge in [0.05, 0.1) is 0 Å². The maximum absolute atomic E-state index is 11.7. The molecular weight excluding hydrogens is 359 g/mol. The zero-order chi connectivity index (χ0) is 18.5. The Morgan fingerprint density at radius 1 is 0.760 bits per heavy atom. The molecule has 0 fully saturated rings. The van der Waals surface area contributed by atoms with Gasteiger partial charge in [0.25, 0.3) is 0 Å². The van der Waals surface area contributed by atoms with Gasteiger partial charge >= 0.3 is 25.5 Å². The molecular formula is C21H18CoO3-2. The van der Waals surface area contributed by atoms with Gasteiger partial charge in [-0.05, 0) is 24.6 Å². The summed E-state index contributed by atoms with van der Waals surface area (Å²) in [5, 5.41) is 0. The molecule has 0 spiro atoms. The molecule has 25 heavy (non-hydrogen) atoms. The molecule has 0 aliphatic heterocycles. The van der Waals surface area contributed by atoms with Crippen molar-refractivity contribution in [2.75, 3.05) is 0 Å². The van der Waals surface area contributed by atoms with E-state index in [1.165, 1.54) is 5.56 Å². The first-order chi connectivity index (χ1) is 12.1. The third-order valence-corrected chi connectivity index (χ3v) is 3.07. The Balaban J connectivity index is 0.000000290. The van der Waals surface area contributed by atoms with Crippen molar-refractivity contribution in [3.63, 3.8) is 0 Å². The number of hydrogen-bond acceptors (Lipinski definition) is 3. The molecule has 0 N–H and O–H groups in total. The second-order valence-electron chi connectivity index (χ2n) is 5.07. The average molecular weight is 377 g/mol. The van der Waals surface area contributed by atoms with E-state index in [0.717, 1.165) is 5.56 Å². The molecule has 0 aromatic heterocycles. The quantitative estimate of drug-likeness (QED) is 0.370. The number of esters is 1. The van der Waals surface area contributed by atoms with Crippen molar-refractivity contribution in [1.29, 1.82) is 0 Å². The second-order valence-corrected chi connectivity index (χ2v) is 5.07. The van der Waals surface area contributed by atoms with E-state index < -0.39 is 0 Å². The van der Waals surface area contributed by atoms with Crippen LogP contribution in [-0.4, -0.2) is 5.97 Å². The third-order valence-electron chi connectivity index (χ3n) is 3.07. The summed E-state index contributed by atoms with van der Waals surface area (Å²) in [5.41, 5.74) is 2.95. The van der Waals surface area contributed by atoms with Crippen molar-refractivity contribution in [2.45, 2.75) is 13.8 Å². The van der Waals surface area contributed by atoms with Gasteiger partial charge in [0.15, 0.2) is 0 Å². The van der Waals surface area contributed by atoms with Gasteiger partial charge in [-0.25, -0.2) is 4.79 Å². The first-order valence-corrected chi connectivity index (χ1v) is 7.89. The third kappa shape index (κ3) is 8.19. The van der Waals surface area contributed by atoms with Gasteiger partial charge in [-0.15, -0.1) is 0 Å². The molecule has 3 rings (SSSR count). The molecule has 0 heterocycles. The number of hydrogen-bond donors (Lipinski definition) is 0. The van der Waals surface area contributed by atoms with E-state index in [0.29, 0.717) is 11.3 Å². The zero-order valence-electron chi connectivity index (χ0n) is 14.0. The van der Waals surface area contributed by atoms with Gasteiger partial charge in [0.2, 0.25) is 0 Å². The van der Waals surface area contributed by atoms with E-state index in [1.54, 1.807) is 36.4 Å². The van der Waals surface area contributed by atoms with E-state index in [2.05, 4.69) is 34.7 Å². The van der Waals surface area contributed by atoms with E-state index in [4.69, 9.17) is 8.60 Å². The molecule has 131 valence electrons. The first kappa shape index (κ1) is 20.5. The van der Waals surface area contributed by atoms with Crippen molar-refractivity contribution in [1.82, 2.24) is 0 Å². The summed E-state index contributed by atoms with van der Waals surface area (Å²) in [7, 11) is 0. The minimum atomic E-state index is -0.349. The fourth-order valence-electron chi connectivity index (χ4n) is 1.77. The molecule has 0 amide bonds. The molecule has 3 aromatic rings. The van der Waals surface area contributed by atoms with Crippen LogP contribution in [0.4, 0.5) is 0 Å². The van der Waals surface area contributed by atoms with Crippen LogP contribution in [0.5, 0.6) is 5.75 Å². The van der Waals surface area contributed by atoms with E-state index >= 15 is 0 Å². The van der Waals surface area contributed by atoms with Crippen LogP contribution in [-0.2, 0) is 19.5 Å². The molecule has 3 aromatic carbocycles. The number of aryl methyl sites for hydroxylation is 2. The van der Waals surface area contributed by atoms with Gasteiger partial charge in [-0.2, -0.15) is 66.2 Å². The van der Waals surface area contributed by atoms with Crippen LogP contribution in [0.2, 0.25) is 0 Å². The second kappa shape index (κ2) is 11.9. The summed E-state index contributed by atoms with van der Waals surface area (Å²) >= 11 is 2.31. The Kier molecular flexibility index (Phi) is 9.74. The molecule has 0 aliphatic rings. The van der Waals surface area contributed by atoms with E-state index in [9.17, 15) is 4.79 Å². The van der Waals surface area contributed by atoms with Crippen LogP contribution in [0, 0.1) is 26.0 Å². The van der Waals surface area contributed by atoms with Gasteiger partial charge in [-0.1, -0.05) is 24.6 Å². The Bertz CT molecular complexity index is 741. The SMILES string of the molecule is Cc1cc[c-]cc1.Cc1ccc(OC(=O)c2cc[c-]cc2)cc1.[O]=[Co]. The van der Waals surface area contributed by atoms with Crippen LogP contribution < -0.4 is 4.74 Å². The number of carbonyl (C=O) groups is 1. The molecule has 0 aliphatic carbocycles. The number of carbonyl (C=O) groups excluding carboxylic acids is 1. The first-order valence-electron chi connectivity index (χ1n) is 7.46. The Hall–Kier alpha value is -2.56. The average Bonchev–Trinajstić information content (AvgIpc) is 2.67. The van der Waals surface area contributed by atoms with Gasteiger partial charge in [0, 0.05) is 0 Å². The summed E-state index contributed by atoms with van der Waals surface area (Å²) in [4.78, 5) is 11.7. The molecule has 0 atom stereocenters. The maximum atomic E-state index is 11.7. The molecule has 0 saturated carbocycles. The number of ether oxygens (including phenoxy) is 1. The Labute approximate surface area is 156 Å². The molecule has 0 bridgehead atoms. The van der Waals surface area contributed by atoms with E-state index in [1.807, 2.05) is 43.3 Å². The van der Waals surface area contributed by atoms with Crippen molar-refractivity contribution in [3.05, 3.63) is 102 Å². The molecule has 3 nitrogen and oxygen atoms in total. The van der Waals surface area contributed by atoms with Crippen molar-refractivity contribution in [2.24, 2.45) is 0 Å². The summed E-state index contributed by atoms with van der Waals surface area (Å²) < 4.78 is 13.1. The number of benzene rings is 3. The van der Waals surface area contributed by atoms with E-state index in [-0.39, 0.29) is 5.97 Å². The number of rotatable bonds is 2. The molecule has 0 saturated heterocycles. The van der Waals surface area contributed by atoms with Crippen LogP contribution >= 0.6 is 0 Å². The summed E-state index contributed by atoms with van der Waals surface area (Å²) in [6.07, 6.45) is 0. The van der Waals surface area contributed by atoms with Crippen LogP contribution in [0.3, 0.4) is 0 Å².